The molecule has 4 rings (SSSR count). The molecule has 27 heavy (non-hydrogen) atoms. The lowest BCUT2D eigenvalue weighted by molar-refractivity contribution is -0.141. The number of carbonyl (C=O) groups excluding carboxylic acids is 1. The van der Waals surface area contributed by atoms with Gasteiger partial charge in [-0.15, -0.1) is 0 Å². The van der Waals surface area contributed by atoms with Gasteiger partial charge in [0, 0.05) is 24.6 Å². The highest BCUT2D eigenvalue weighted by molar-refractivity contribution is 5.96. The molecule has 0 spiro atoms. The van der Waals surface area contributed by atoms with Crippen LogP contribution in [0.3, 0.4) is 0 Å². The molecule has 1 amide bonds. The van der Waals surface area contributed by atoms with Crippen molar-refractivity contribution in [2.75, 3.05) is 5.32 Å². The molecule has 3 aromatic rings. The maximum Gasteiger partial charge on any atom is 0.325 e. The molecule has 5 nitrogen and oxygen atoms in total. The predicted octanol–water partition coefficient (Wildman–Crippen LogP) is 3.55. The molecular weight excluding hydrogens is 352 g/mol. The van der Waals surface area contributed by atoms with Crippen molar-refractivity contribution in [1.29, 1.82) is 0 Å². The highest BCUT2D eigenvalue weighted by Gasteiger charge is 2.43. The Bertz CT molecular complexity index is 1060. The lowest BCUT2D eigenvalue weighted by atomic mass is 9.98. The fraction of sp³-hybridized carbons (Fsp3) is 0.250. The molecular formula is C20H17F2N3O2. The molecule has 7 heteroatoms. The molecule has 138 valence electrons. The molecule has 1 aromatic heterocycles. The van der Waals surface area contributed by atoms with Crippen LogP contribution in [0, 0.1) is 0 Å². The zero-order chi connectivity index (χ0) is 19.0. The van der Waals surface area contributed by atoms with Crippen LogP contribution in [0.15, 0.2) is 59.4 Å². The van der Waals surface area contributed by atoms with Gasteiger partial charge in [-0.1, -0.05) is 30.3 Å². The Kier molecular flexibility index (Phi) is 4.22. The van der Waals surface area contributed by atoms with Crippen LogP contribution in [-0.4, -0.2) is 21.4 Å². The Morgan fingerprint density at radius 2 is 1.85 bits per heavy atom. The Balaban J connectivity index is 1.59. The molecule has 0 aliphatic carbocycles. The van der Waals surface area contributed by atoms with Gasteiger partial charge in [0.15, 0.2) is 0 Å². The van der Waals surface area contributed by atoms with Crippen LogP contribution in [0.25, 0.3) is 10.9 Å². The third kappa shape index (κ3) is 3.20. The maximum absolute atomic E-state index is 14.5. The van der Waals surface area contributed by atoms with Crippen molar-refractivity contribution in [1.82, 2.24) is 9.55 Å². The fourth-order valence-corrected chi connectivity index (χ4v) is 3.47. The SMILES string of the molecule is O=C(Nc1ccccc1)C(F)(F)CC1CCn2c1nc1ccccc1c2=O. The summed E-state index contributed by atoms with van der Waals surface area (Å²) < 4.78 is 30.5. The second-order valence-electron chi connectivity index (χ2n) is 6.66. The van der Waals surface area contributed by atoms with Crippen molar-refractivity contribution >= 4 is 22.5 Å². The number of hydrogen-bond acceptors (Lipinski definition) is 3. The summed E-state index contributed by atoms with van der Waals surface area (Å²) in [6, 6.07) is 15.0. The number of nitrogens with one attached hydrogen (secondary N) is 1. The van der Waals surface area contributed by atoms with Gasteiger partial charge in [-0.05, 0) is 30.7 Å². The molecule has 0 fully saturated rings. The second-order valence-corrected chi connectivity index (χ2v) is 6.66. The largest absolute Gasteiger partial charge is 0.325 e. The summed E-state index contributed by atoms with van der Waals surface area (Å²) in [5.74, 6) is -5.25. The molecule has 2 aromatic carbocycles. The number of hydrogen-bond donors (Lipinski definition) is 1. The first kappa shape index (κ1) is 17.3. The quantitative estimate of drug-likeness (QED) is 0.765. The number of amides is 1. The van der Waals surface area contributed by atoms with Gasteiger partial charge in [-0.25, -0.2) is 4.98 Å². The van der Waals surface area contributed by atoms with E-state index in [1.54, 1.807) is 54.6 Å². The number of para-hydroxylation sites is 2. The number of benzene rings is 2. The number of halogens is 2. The van der Waals surface area contributed by atoms with E-state index in [1.807, 2.05) is 0 Å². The van der Waals surface area contributed by atoms with Gasteiger partial charge in [0.05, 0.1) is 10.9 Å². The van der Waals surface area contributed by atoms with Crippen LogP contribution >= 0.6 is 0 Å². The van der Waals surface area contributed by atoms with Gasteiger partial charge in [0.2, 0.25) is 0 Å². The van der Waals surface area contributed by atoms with Gasteiger partial charge < -0.3 is 5.32 Å². The molecule has 1 aliphatic heterocycles. The van der Waals surface area contributed by atoms with E-state index in [-0.39, 0.29) is 5.56 Å². The van der Waals surface area contributed by atoms with Gasteiger partial charge in [0.25, 0.3) is 11.5 Å². The number of anilines is 1. The first-order valence-corrected chi connectivity index (χ1v) is 8.69. The van der Waals surface area contributed by atoms with Crippen LogP contribution in [0.4, 0.5) is 14.5 Å². The van der Waals surface area contributed by atoms with E-state index in [0.29, 0.717) is 35.4 Å². The molecule has 0 radical (unpaired) electrons. The number of nitrogens with zero attached hydrogens (tertiary/aromatic N) is 2. The van der Waals surface area contributed by atoms with Crippen molar-refractivity contribution in [2.24, 2.45) is 0 Å². The van der Waals surface area contributed by atoms with Crippen molar-refractivity contribution in [3.05, 3.63) is 70.8 Å². The molecule has 1 N–H and O–H groups in total. The van der Waals surface area contributed by atoms with Gasteiger partial charge in [-0.3, -0.25) is 14.2 Å². The number of rotatable bonds is 4. The predicted molar refractivity (Wildman–Crippen MR) is 98.0 cm³/mol. The average Bonchev–Trinajstić information content (AvgIpc) is 3.05. The standard InChI is InChI=1S/C20H17F2N3O2/c21-20(22,19(27)23-14-6-2-1-3-7-14)12-13-10-11-25-17(13)24-16-9-5-4-8-15(16)18(25)26/h1-9,13H,10-12H2,(H,23,27). The van der Waals surface area contributed by atoms with Crippen molar-refractivity contribution < 1.29 is 13.6 Å². The Labute approximate surface area is 153 Å². The Hall–Kier alpha value is -3.09. The molecule has 0 bridgehead atoms. The zero-order valence-corrected chi connectivity index (χ0v) is 14.4. The lowest BCUT2D eigenvalue weighted by Gasteiger charge is -2.19. The lowest BCUT2D eigenvalue weighted by Crippen LogP contribution is -2.36. The normalized spacial score (nSPS) is 16.3. The smallest absolute Gasteiger partial charge is 0.321 e. The van der Waals surface area contributed by atoms with E-state index in [4.69, 9.17) is 0 Å². The van der Waals surface area contributed by atoms with Crippen LogP contribution in [-0.2, 0) is 11.3 Å². The monoisotopic (exact) mass is 369 g/mol. The van der Waals surface area contributed by atoms with Crippen LogP contribution < -0.4 is 10.9 Å². The molecule has 1 atom stereocenters. The summed E-state index contributed by atoms with van der Waals surface area (Å²) in [5, 5.41) is 2.71. The molecule has 1 aliphatic rings. The Morgan fingerprint density at radius 1 is 1.15 bits per heavy atom. The minimum absolute atomic E-state index is 0.227. The average molecular weight is 369 g/mol. The summed E-state index contributed by atoms with van der Waals surface area (Å²) in [4.78, 5) is 29.0. The highest BCUT2D eigenvalue weighted by atomic mass is 19.3. The van der Waals surface area contributed by atoms with E-state index in [0.717, 1.165) is 0 Å². The fourth-order valence-electron chi connectivity index (χ4n) is 3.47. The molecule has 2 heterocycles. The van der Waals surface area contributed by atoms with Crippen molar-refractivity contribution in [2.45, 2.75) is 31.2 Å². The number of fused-ring (bicyclic) bond motifs is 2. The summed E-state index contributed by atoms with van der Waals surface area (Å²) >= 11 is 0. The molecule has 0 saturated carbocycles. The van der Waals surface area contributed by atoms with Crippen LogP contribution in [0.1, 0.15) is 24.6 Å². The van der Waals surface area contributed by atoms with Gasteiger partial charge >= 0.3 is 5.92 Å². The van der Waals surface area contributed by atoms with Crippen molar-refractivity contribution in [3.8, 4) is 0 Å². The molecule has 1 unspecified atom stereocenters. The summed E-state index contributed by atoms with van der Waals surface area (Å²) in [7, 11) is 0. The van der Waals surface area contributed by atoms with Gasteiger partial charge in [0.1, 0.15) is 5.82 Å². The van der Waals surface area contributed by atoms with Crippen molar-refractivity contribution in [3.63, 3.8) is 0 Å². The third-order valence-corrected chi connectivity index (χ3v) is 4.82. The number of aromatic nitrogens is 2. The van der Waals surface area contributed by atoms with Gasteiger partial charge in [-0.2, -0.15) is 8.78 Å². The first-order chi connectivity index (χ1) is 13.0. The zero-order valence-electron chi connectivity index (χ0n) is 14.4. The highest BCUT2D eigenvalue weighted by Crippen LogP contribution is 2.36. The summed E-state index contributed by atoms with van der Waals surface area (Å²) in [6.45, 7) is 0.326. The topological polar surface area (TPSA) is 64.0 Å². The van der Waals surface area contributed by atoms with Crippen LogP contribution in [0.5, 0.6) is 0 Å². The van der Waals surface area contributed by atoms with E-state index >= 15 is 0 Å². The first-order valence-electron chi connectivity index (χ1n) is 8.69. The molecule has 0 saturated heterocycles. The van der Waals surface area contributed by atoms with E-state index in [9.17, 15) is 18.4 Å². The number of carbonyl (C=O) groups is 1. The minimum atomic E-state index is -3.57. The minimum Gasteiger partial charge on any atom is -0.321 e. The van der Waals surface area contributed by atoms with E-state index in [1.165, 1.54) is 4.57 Å². The van der Waals surface area contributed by atoms with Crippen LogP contribution in [0.2, 0.25) is 0 Å². The number of alkyl halides is 2. The maximum atomic E-state index is 14.5. The Morgan fingerprint density at radius 3 is 2.63 bits per heavy atom. The second kappa shape index (κ2) is 6.57. The summed E-state index contributed by atoms with van der Waals surface area (Å²) in [6.07, 6.45) is -0.330. The van der Waals surface area contributed by atoms with E-state index in [2.05, 4.69) is 10.3 Å². The summed E-state index contributed by atoms with van der Waals surface area (Å²) in [5.41, 5.74) is 0.571. The van der Waals surface area contributed by atoms with E-state index < -0.39 is 24.2 Å². The third-order valence-electron chi connectivity index (χ3n) is 4.82.